The van der Waals surface area contributed by atoms with Gasteiger partial charge in [0.05, 0.1) is 19.1 Å². The smallest absolute Gasteiger partial charge is 0.307 e. The molecule has 1 saturated heterocycles. The zero-order valence-corrected chi connectivity index (χ0v) is 10.5. The number of nitrogens with one attached hydrogen (secondary N) is 1. The van der Waals surface area contributed by atoms with Crippen LogP contribution in [0.4, 0.5) is 0 Å². The van der Waals surface area contributed by atoms with Gasteiger partial charge in [0.25, 0.3) is 0 Å². The summed E-state index contributed by atoms with van der Waals surface area (Å²) in [4.78, 5) is 18.7. The number of rotatable bonds is 3. The van der Waals surface area contributed by atoms with E-state index in [1.54, 1.807) is 0 Å². The summed E-state index contributed by atoms with van der Waals surface area (Å²) in [6, 6.07) is 0. The molecular formula is C10H13N5O6. The number of fused-ring (bicyclic) bond motifs is 1. The molecule has 0 radical (unpaired) electrons. The van der Waals surface area contributed by atoms with E-state index in [9.17, 15) is 15.5 Å². The van der Waals surface area contributed by atoms with Gasteiger partial charge in [-0.2, -0.15) is 4.89 Å². The van der Waals surface area contributed by atoms with E-state index in [0.29, 0.717) is 5.52 Å². The lowest BCUT2D eigenvalue weighted by molar-refractivity contribution is -0.443. The molecule has 21 heavy (non-hydrogen) atoms. The zero-order chi connectivity index (χ0) is 15.3. The van der Waals surface area contributed by atoms with Crippen molar-refractivity contribution in [3.63, 3.8) is 0 Å². The van der Waals surface area contributed by atoms with Crippen LogP contribution in [0.15, 0.2) is 12.5 Å². The first-order chi connectivity index (χ1) is 9.96. The fraction of sp³-hybridized carbons (Fsp3) is 0.500. The maximum atomic E-state index is 10.2. The number of imidazole rings is 1. The molecule has 2 aromatic rings. The number of aliphatic hydroxyl groups is 3. The normalized spacial score (nSPS) is 36.4. The number of hydrogen-bond donors (Lipinski definition) is 6. The van der Waals surface area contributed by atoms with Crippen molar-refractivity contribution in [1.29, 1.82) is 0 Å². The molecule has 1 aliphatic heterocycles. The molecule has 0 saturated carbocycles. The van der Waals surface area contributed by atoms with Crippen molar-refractivity contribution < 1.29 is 30.2 Å². The quantitative estimate of drug-likeness (QED) is 0.200. The highest BCUT2D eigenvalue weighted by molar-refractivity contribution is 5.68. The van der Waals surface area contributed by atoms with Crippen LogP contribution < -0.4 is 5.73 Å². The van der Waals surface area contributed by atoms with Gasteiger partial charge in [0, 0.05) is 0 Å². The first-order valence-electron chi connectivity index (χ1n) is 5.93. The third-order valence-electron chi connectivity index (χ3n) is 3.43. The molecule has 11 nitrogen and oxygen atoms in total. The van der Waals surface area contributed by atoms with E-state index in [1.165, 1.54) is 12.5 Å². The van der Waals surface area contributed by atoms with Crippen molar-refractivity contribution in [1.82, 2.24) is 19.9 Å². The Labute approximate surface area is 116 Å². The topological polar surface area (TPSA) is 180 Å². The fourth-order valence-corrected chi connectivity index (χ4v) is 2.25. The molecule has 3 heterocycles. The highest BCUT2D eigenvalue weighted by atomic mass is 17.2. The maximum Gasteiger partial charge on any atom is 0.307 e. The zero-order valence-electron chi connectivity index (χ0n) is 10.5. The molecule has 11 heteroatoms. The summed E-state index contributed by atoms with van der Waals surface area (Å²) in [5.74, 6) is -2.82. The SMILES string of the molecule is N[C@]1(O)[C@H](O)[C@@H](CO)O[C@@]1(OO)c1ncc2[nH]cnc2n1. The first-order valence-corrected chi connectivity index (χ1v) is 5.93. The van der Waals surface area contributed by atoms with Crippen LogP contribution in [-0.4, -0.2) is 65.1 Å². The molecular weight excluding hydrogens is 286 g/mol. The molecule has 114 valence electrons. The van der Waals surface area contributed by atoms with Crippen molar-refractivity contribution in [3.8, 4) is 0 Å². The van der Waals surface area contributed by atoms with E-state index in [0.717, 1.165) is 0 Å². The minimum absolute atomic E-state index is 0.206. The van der Waals surface area contributed by atoms with E-state index >= 15 is 0 Å². The lowest BCUT2D eigenvalue weighted by atomic mass is 9.97. The van der Waals surface area contributed by atoms with Crippen LogP contribution in [0, 0.1) is 0 Å². The Hall–Kier alpha value is -1.73. The van der Waals surface area contributed by atoms with Gasteiger partial charge in [0.15, 0.2) is 11.5 Å². The largest absolute Gasteiger partial charge is 0.394 e. The van der Waals surface area contributed by atoms with Crippen molar-refractivity contribution >= 4 is 11.2 Å². The van der Waals surface area contributed by atoms with Gasteiger partial charge in [0.1, 0.15) is 17.7 Å². The van der Waals surface area contributed by atoms with Crippen LogP contribution in [-0.2, 0) is 15.4 Å². The van der Waals surface area contributed by atoms with Gasteiger partial charge >= 0.3 is 5.79 Å². The molecule has 0 aromatic carbocycles. The van der Waals surface area contributed by atoms with Gasteiger partial charge in [-0.3, -0.25) is 5.73 Å². The summed E-state index contributed by atoms with van der Waals surface area (Å²) in [5, 5.41) is 38.5. The highest BCUT2D eigenvalue weighted by Crippen LogP contribution is 2.43. The summed E-state index contributed by atoms with van der Waals surface area (Å²) in [5.41, 5.74) is 3.70. The van der Waals surface area contributed by atoms with E-state index in [4.69, 9.17) is 15.6 Å². The average Bonchev–Trinajstić information content (AvgIpc) is 3.02. The molecule has 0 spiro atoms. The predicted octanol–water partition coefficient (Wildman–Crippen LogP) is -2.61. The van der Waals surface area contributed by atoms with E-state index < -0.39 is 30.3 Å². The Morgan fingerprint density at radius 3 is 2.86 bits per heavy atom. The second-order valence-corrected chi connectivity index (χ2v) is 4.65. The van der Waals surface area contributed by atoms with Crippen molar-refractivity contribution in [3.05, 3.63) is 18.3 Å². The van der Waals surface area contributed by atoms with Crippen LogP contribution in [0.5, 0.6) is 0 Å². The van der Waals surface area contributed by atoms with Gasteiger partial charge in [-0.1, -0.05) is 0 Å². The van der Waals surface area contributed by atoms with Crippen LogP contribution in [0.3, 0.4) is 0 Å². The van der Waals surface area contributed by atoms with Crippen molar-refractivity contribution in [2.45, 2.75) is 23.7 Å². The number of hydrogen-bond acceptors (Lipinski definition) is 10. The Morgan fingerprint density at radius 1 is 1.48 bits per heavy atom. The standard InChI is InChI=1S/C10H13N5O6/c11-9(18)6(17)5(2-16)20-10(9,21-19)8-12-1-4-7(15-8)14-3-13-4/h1,3,5-6,16-19H,2,11H2,(H,12,13,14,15)/t5-,6-,9+,10-/m1/s1. The van der Waals surface area contributed by atoms with Crippen molar-refractivity contribution in [2.75, 3.05) is 6.61 Å². The van der Waals surface area contributed by atoms with Crippen LogP contribution in [0.2, 0.25) is 0 Å². The number of ether oxygens (including phenoxy) is 1. The Kier molecular flexibility index (Phi) is 3.14. The molecule has 7 N–H and O–H groups in total. The Morgan fingerprint density at radius 2 is 2.24 bits per heavy atom. The third kappa shape index (κ3) is 1.77. The molecule has 2 aromatic heterocycles. The molecule has 3 rings (SSSR count). The molecule has 0 bridgehead atoms. The number of aliphatic hydroxyl groups excluding tert-OH is 2. The fourth-order valence-electron chi connectivity index (χ4n) is 2.25. The summed E-state index contributed by atoms with van der Waals surface area (Å²) < 4.78 is 5.18. The molecule has 0 amide bonds. The lowest BCUT2D eigenvalue weighted by Gasteiger charge is -2.33. The van der Waals surface area contributed by atoms with E-state index in [2.05, 4.69) is 24.8 Å². The van der Waals surface area contributed by atoms with E-state index in [-0.39, 0.29) is 11.5 Å². The number of aromatic amines is 1. The van der Waals surface area contributed by atoms with Gasteiger partial charge in [0.2, 0.25) is 5.72 Å². The third-order valence-corrected chi connectivity index (χ3v) is 3.43. The maximum absolute atomic E-state index is 10.2. The van der Waals surface area contributed by atoms with Gasteiger partial charge in [-0.05, 0) is 0 Å². The summed E-state index contributed by atoms with van der Waals surface area (Å²) in [6.45, 7) is -0.670. The predicted molar refractivity (Wildman–Crippen MR) is 64.2 cm³/mol. The van der Waals surface area contributed by atoms with Gasteiger partial charge in [-0.25, -0.2) is 20.2 Å². The molecule has 0 unspecified atom stereocenters. The number of nitrogens with zero attached hydrogens (tertiary/aromatic N) is 3. The Balaban J connectivity index is 2.15. The number of aromatic nitrogens is 4. The summed E-state index contributed by atoms with van der Waals surface area (Å²) >= 11 is 0. The molecule has 4 atom stereocenters. The molecule has 1 fully saturated rings. The number of H-pyrrole nitrogens is 1. The first kappa shape index (κ1) is 14.2. The minimum atomic E-state index is -2.60. The lowest BCUT2D eigenvalue weighted by Crippen LogP contribution is -2.63. The van der Waals surface area contributed by atoms with Gasteiger partial charge < -0.3 is 25.0 Å². The van der Waals surface area contributed by atoms with E-state index in [1.807, 2.05) is 0 Å². The van der Waals surface area contributed by atoms with Crippen LogP contribution in [0.1, 0.15) is 5.82 Å². The van der Waals surface area contributed by atoms with Crippen LogP contribution in [0.25, 0.3) is 11.2 Å². The summed E-state index contributed by atoms with van der Waals surface area (Å²) in [6.07, 6.45) is -0.368. The minimum Gasteiger partial charge on any atom is -0.394 e. The molecule has 1 aliphatic rings. The number of nitrogens with two attached hydrogens (primary N) is 1. The monoisotopic (exact) mass is 299 g/mol. The van der Waals surface area contributed by atoms with Gasteiger partial charge in [-0.15, -0.1) is 0 Å². The summed E-state index contributed by atoms with van der Waals surface area (Å²) in [7, 11) is 0. The van der Waals surface area contributed by atoms with Crippen molar-refractivity contribution in [2.24, 2.45) is 5.73 Å². The Bertz CT molecular complexity index is 662. The molecule has 0 aliphatic carbocycles. The van der Waals surface area contributed by atoms with Crippen LogP contribution >= 0.6 is 0 Å². The highest BCUT2D eigenvalue weighted by Gasteiger charge is 2.68. The second-order valence-electron chi connectivity index (χ2n) is 4.65. The average molecular weight is 299 g/mol. The second kappa shape index (κ2) is 4.64.